The third-order valence-electron chi connectivity index (χ3n) is 1.14. The van der Waals surface area contributed by atoms with Crippen molar-refractivity contribution in [2.75, 3.05) is 0 Å². The van der Waals surface area contributed by atoms with Gasteiger partial charge in [0.15, 0.2) is 0 Å². The largest absolute Gasteiger partial charge is 0.374 e. The summed E-state index contributed by atoms with van der Waals surface area (Å²) in [5, 5.41) is 9.31. The fourth-order valence-corrected chi connectivity index (χ4v) is 0.709. The van der Waals surface area contributed by atoms with Crippen molar-refractivity contribution < 1.29 is 5.11 Å². The van der Waals surface area contributed by atoms with Gasteiger partial charge in [-0.05, 0) is 17.3 Å². The second-order valence-electron chi connectivity index (χ2n) is 1.70. The smallest absolute Gasteiger partial charge is 0.144 e. The van der Waals surface area contributed by atoms with Gasteiger partial charge in [-0.3, -0.25) is 0 Å². The van der Waals surface area contributed by atoms with Crippen LogP contribution < -0.4 is 0 Å². The Hall–Kier alpha value is -0.260. The molecule has 0 aliphatic carbocycles. The lowest BCUT2D eigenvalue weighted by molar-refractivity contribution is 0.149. The Balaban J connectivity index is 4.21. The van der Waals surface area contributed by atoms with E-state index in [9.17, 15) is 5.11 Å². The second-order valence-corrected chi connectivity index (χ2v) is 2.10. The van der Waals surface area contributed by atoms with E-state index >= 15 is 0 Å². The minimum absolute atomic E-state index is 0.565. The number of hydrogen-bond donors (Lipinski definition) is 1. The Labute approximate surface area is 63.9 Å². The van der Waals surface area contributed by atoms with Crippen molar-refractivity contribution in [1.29, 1.82) is 0 Å². The Morgan fingerprint density at radius 1 is 1.89 bits per heavy atom. The van der Waals surface area contributed by atoms with Crippen LogP contribution in [-0.4, -0.2) is 10.7 Å². The van der Waals surface area contributed by atoms with Gasteiger partial charge < -0.3 is 5.11 Å². The van der Waals surface area contributed by atoms with Gasteiger partial charge in [0, 0.05) is 15.9 Å². The SMILES string of the molecule is C=CC(O)(C#CBr)CC. The molecule has 0 aromatic heterocycles. The van der Waals surface area contributed by atoms with Gasteiger partial charge >= 0.3 is 0 Å². The van der Waals surface area contributed by atoms with Crippen molar-refractivity contribution in [2.24, 2.45) is 0 Å². The van der Waals surface area contributed by atoms with E-state index in [0.29, 0.717) is 6.42 Å². The third-order valence-corrected chi connectivity index (χ3v) is 1.34. The zero-order chi connectivity index (χ0) is 7.33. The van der Waals surface area contributed by atoms with Gasteiger partial charge in [-0.25, -0.2) is 0 Å². The zero-order valence-electron chi connectivity index (χ0n) is 5.32. The minimum Gasteiger partial charge on any atom is -0.374 e. The average molecular weight is 189 g/mol. The molecule has 1 unspecified atom stereocenters. The van der Waals surface area contributed by atoms with Gasteiger partial charge in [0.25, 0.3) is 0 Å². The van der Waals surface area contributed by atoms with Crippen molar-refractivity contribution in [2.45, 2.75) is 18.9 Å². The first-order valence-corrected chi connectivity index (χ1v) is 3.46. The normalized spacial score (nSPS) is 15.0. The predicted molar refractivity (Wildman–Crippen MR) is 42.1 cm³/mol. The highest BCUT2D eigenvalue weighted by Crippen LogP contribution is 2.08. The lowest BCUT2D eigenvalue weighted by atomic mass is 10.0. The summed E-state index contributed by atoms with van der Waals surface area (Å²) in [7, 11) is 0. The van der Waals surface area contributed by atoms with Crippen LogP contribution in [0.3, 0.4) is 0 Å². The molecule has 0 aromatic carbocycles. The molecule has 1 nitrogen and oxygen atoms in total. The quantitative estimate of drug-likeness (QED) is 0.517. The van der Waals surface area contributed by atoms with Gasteiger partial charge in [0.05, 0.1) is 0 Å². The lowest BCUT2D eigenvalue weighted by Gasteiger charge is -2.12. The van der Waals surface area contributed by atoms with Crippen molar-refractivity contribution >= 4 is 15.9 Å². The highest BCUT2D eigenvalue weighted by Gasteiger charge is 2.14. The van der Waals surface area contributed by atoms with E-state index in [-0.39, 0.29) is 0 Å². The summed E-state index contributed by atoms with van der Waals surface area (Å²) in [6, 6.07) is 0. The maximum absolute atomic E-state index is 9.31. The van der Waals surface area contributed by atoms with Crippen LogP contribution in [0.5, 0.6) is 0 Å². The van der Waals surface area contributed by atoms with Crippen LogP contribution in [0.4, 0.5) is 0 Å². The van der Waals surface area contributed by atoms with Crippen LogP contribution in [0.2, 0.25) is 0 Å². The molecule has 0 aliphatic heterocycles. The average Bonchev–Trinajstić information content (AvgIpc) is 1.89. The van der Waals surface area contributed by atoms with Crippen LogP contribution in [0.25, 0.3) is 0 Å². The molecular weight excluding hydrogens is 180 g/mol. The highest BCUT2D eigenvalue weighted by atomic mass is 79.9. The maximum atomic E-state index is 9.31. The Morgan fingerprint density at radius 2 is 2.44 bits per heavy atom. The van der Waals surface area contributed by atoms with Gasteiger partial charge in [-0.1, -0.05) is 19.4 Å². The van der Waals surface area contributed by atoms with E-state index in [1.165, 1.54) is 6.08 Å². The molecule has 0 aliphatic rings. The predicted octanol–water partition coefficient (Wildman–Crippen LogP) is 1.67. The molecule has 0 aromatic rings. The molecule has 0 spiro atoms. The van der Waals surface area contributed by atoms with Crippen LogP contribution in [-0.2, 0) is 0 Å². The van der Waals surface area contributed by atoms with Gasteiger partial charge in [0.2, 0.25) is 0 Å². The summed E-state index contributed by atoms with van der Waals surface area (Å²) in [5.74, 6) is 2.56. The Morgan fingerprint density at radius 3 is 2.56 bits per heavy atom. The molecule has 2 heteroatoms. The summed E-state index contributed by atoms with van der Waals surface area (Å²) in [5.41, 5.74) is -1.01. The molecule has 0 bridgehead atoms. The van der Waals surface area contributed by atoms with E-state index in [1.54, 1.807) is 0 Å². The van der Waals surface area contributed by atoms with Gasteiger partial charge in [-0.2, -0.15) is 0 Å². The van der Waals surface area contributed by atoms with Gasteiger partial charge in [0.1, 0.15) is 5.60 Å². The number of aliphatic hydroxyl groups is 1. The molecule has 50 valence electrons. The first kappa shape index (κ1) is 8.74. The second kappa shape index (κ2) is 3.71. The molecule has 1 atom stereocenters. The summed E-state index contributed by atoms with van der Waals surface area (Å²) >= 11 is 2.90. The summed E-state index contributed by atoms with van der Waals surface area (Å²) in [4.78, 5) is 2.45. The summed E-state index contributed by atoms with van der Waals surface area (Å²) in [6.45, 7) is 5.30. The van der Waals surface area contributed by atoms with Crippen molar-refractivity contribution in [3.63, 3.8) is 0 Å². The molecule has 0 fully saturated rings. The lowest BCUT2D eigenvalue weighted by Crippen LogP contribution is -2.20. The fourth-order valence-electron chi connectivity index (χ4n) is 0.366. The van der Waals surface area contributed by atoms with E-state index < -0.39 is 5.60 Å². The third kappa shape index (κ3) is 2.69. The summed E-state index contributed by atoms with van der Waals surface area (Å²) in [6.07, 6.45) is 2.00. The van der Waals surface area contributed by atoms with Crippen molar-refractivity contribution in [3.05, 3.63) is 12.7 Å². The molecule has 0 saturated carbocycles. The topological polar surface area (TPSA) is 20.2 Å². The molecule has 0 rings (SSSR count). The minimum atomic E-state index is -1.01. The number of rotatable bonds is 2. The van der Waals surface area contributed by atoms with E-state index in [1.807, 2.05) is 6.92 Å². The van der Waals surface area contributed by atoms with Crippen LogP contribution in [0.15, 0.2) is 12.7 Å². The van der Waals surface area contributed by atoms with Crippen LogP contribution in [0.1, 0.15) is 13.3 Å². The number of halogens is 1. The van der Waals surface area contributed by atoms with Crippen LogP contribution >= 0.6 is 15.9 Å². The summed E-state index contributed by atoms with van der Waals surface area (Å²) < 4.78 is 0. The zero-order valence-corrected chi connectivity index (χ0v) is 6.90. The number of hydrogen-bond acceptors (Lipinski definition) is 1. The van der Waals surface area contributed by atoms with Gasteiger partial charge in [-0.15, -0.1) is 0 Å². The molecule has 0 amide bonds. The molecule has 0 radical (unpaired) electrons. The maximum Gasteiger partial charge on any atom is 0.144 e. The monoisotopic (exact) mass is 188 g/mol. The molecular formula is C7H9BrO. The first-order chi connectivity index (χ1) is 4.18. The van der Waals surface area contributed by atoms with E-state index in [2.05, 4.69) is 33.3 Å². The molecule has 0 heterocycles. The highest BCUT2D eigenvalue weighted by molar-refractivity contribution is 9.12. The standard InChI is InChI=1S/C7H9BrO/c1-3-7(9,4-2)5-6-8/h3,9H,1,4H2,2H3. The molecule has 1 N–H and O–H groups in total. The van der Waals surface area contributed by atoms with Crippen molar-refractivity contribution in [1.82, 2.24) is 0 Å². The van der Waals surface area contributed by atoms with Crippen molar-refractivity contribution in [3.8, 4) is 10.8 Å². The Bertz CT molecular complexity index is 154. The molecule has 9 heavy (non-hydrogen) atoms. The van der Waals surface area contributed by atoms with E-state index in [0.717, 1.165) is 0 Å². The Kier molecular flexibility index (Phi) is 3.60. The van der Waals surface area contributed by atoms with Crippen LogP contribution in [0, 0.1) is 10.8 Å². The fraction of sp³-hybridized carbons (Fsp3) is 0.429. The molecule has 0 saturated heterocycles. The van der Waals surface area contributed by atoms with E-state index in [4.69, 9.17) is 0 Å². The first-order valence-electron chi connectivity index (χ1n) is 2.67.